The minimum Gasteiger partial charge on any atom is -0.493 e. The molecule has 3 heterocycles. The Balaban J connectivity index is 1.76. The number of rotatable bonds is 3. The lowest BCUT2D eigenvalue weighted by Gasteiger charge is -2.28. The molecular formula is C17H21N5O4. The third-order valence-corrected chi connectivity index (χ3v) is 4.74. The van der Waals surface area contributed by atoms with Gasteiger partial charge in [0.05, 0.1) is 44.9 Å². The summed E-state index contributed by atoms with van der Waals surface area (Å²) in [6, 6.07) is 3.45. The van der Waals surface area contributed by atoms with E-state index >= 15 is 0 Å². The number of nitrogens with one attached hydrogen (secondary N) is 1. The number of hydrogen-bond acceptors (Lipinski definition) is 8. The van der Waals surface area contributed by atoms with Crippen LogP contribution < -0.4 is 25.4 Å². The lowest BCUT2D eigenvalue weighted by Crippen LogP contribution is -2.42. The van der Waals surface area contributed by atoms with E-state index in [1.165, 1.54) is 0 Å². The van der Waals surface area contributed by atoms with E-state index in [-0.39, 0.29) is 17.9 Å². The summed E-state index contributed by atoms with van der Waals surface area (Å²) in [5.74, 6) is 1.75. The van der Waals surface area contributed by atoms with Gasteiger partial charge in [-0.05, 0) is 6.07 Å². The number of carbonyl (C=O) groups is 1. The number of carbonyl (C=O) groups excluding carboxylic acids is 1. The zero-order chi connectivity index (χ0) is 18.3. The fourth-order valence-electron chi connectivity index (χ4n) is 3.40. The molecule has 2 aliphatic heterocycles. The molecule has 1 aromatic heterocycles. The van der Waals surface area contributed by atoms with Crippen LogP contribution in [0.5, 0.6) is 11.5 Å². The number of fused-ring (bicyclic) bond motifs is 4. The van der Waals surface area contributed by atoms with E-state index < -0.39 is 0 Å². The van der Waals surface area contributed by atoms with Gasteiger partial charge in [-0.25, -0.2) is 4.98 Å². The predicted molar refractivity (Wildman–Crippen MR) is 95.5 cm³/mol. The molecule has 2 aliphatic rings. The van der Waals surface area contributed by atoms with Crippen molar-refractivity contribution in [2.24, 2.45) is 5.92 Å². The SMILES string of the molecule is COc1cc2nc(N3C[C@H]4COC[C@@H](C3)C(=O)N4)nc(N)c2cc1OC. The summed E-state index contributed by atoms with van der Waals surface area (Å²) in [6.07, 6.45) is 0. The molecule has 2 bridgehead atoms. The van der Waals surface area contributed by atoms with Crippen LogP contribution in [-0.4, -0.2) is 62.4 Å². The van der Waals surface area contributed by atoms with Gasteiger partial charge in [0.25, 0.3) is 0 Å². The number of aromatic nitrogens is 2. The summed E-state index contributed by atoms with van der Waals surface area (Å²) in [6.45, 7) is 1.93. The average Bonchev–Trinajstić information content (AvgIpc) is 2.89. The summed E-state index contributed by atoms with van der Waals surface area (Å²) < 4.78 is 16.2. The highest BCUT2D eigenvalue weighted by Crippen LogP contribution is 2.34. The average molecular weight is 359 g/mol. The second-order valence-corrected chi connectivity index (χ2v) is 6.48. The Morgan fingerprint density at radius 3 is 2.73 bits per heavy atom. The van der Waals surface area contributed by atoms with Crippen molar-refractivity contribution in [2.75, 3.05) is 51.2 Å². The van der Waals surface area contributed by atoms with E-state index in [2.05, 4.69) is 15.3 Å². The molecule has 0 spiro atoms. The first kappa shape index (κ1) is 16.6. The van der Waals surface area contributed by atoms with Gasteiger partial charge in [-0.3, -0.25) is 4.79 Å². The number of benzene rings is 1. The molecule has 3 N–H and O–H groups in total. The van der Waals surface area contributed by atoms with Crippen LogP contribution in [-0.2, 0) is 9.53 Å². The predicted octanol–water partition coefficient (Wildman–Crippen LogP) is 0.180. The normalized spacial score (nSPS) is 22.7. The minimum atomic E-state index is -0.256. The monoisotopic (exact) mass is 359 g/mol. The Morgan fingerprint density at radius 2 is 1.96 bits per heavy atom. The van der Waals surface area contributed by atoms with E-state index in [0.29, 0.717) is 60.5 Å². The molecule has 1 amide bonds. The number of methoxy groups -OCH3 is 2. The van der Waals surface area contributed by atoms with Crippen LogP contribution in [0.1, 0.15) is 0 Å². The minimum absolute atomic E-state index is 0.00941. The van der Waals surface area contributed by atoms with Crippen molar-refractivity contribution in [3.8, 4) is 11.5 Å². The Morgan fingerprint density at radius 1 is 1.19 bits per heavy atom. The second kappa shape index (κ2) is 6.49. The molecule has 2 saturated heterocycles. The molecule has 9 heteroatoms. The van der Waals surface area contributed by atoms with Gasteiger partial charge in [0.2, 0.25) is 11.9 Å². The zero-order valence-corrected chi connectivity index (χ0v) is 14.7. The van der Waals surface area contributed by atoms with Crippen molar-refractivity contribution >= 4 is 28.6 Å². The quantitative estimate of drug-likeness (QED) is 0.798. The van der Waals surface area contributed by atoms with Crippen molar-refractivity contribution < 1.29 is 19.0 Å². The van der Waals surface area contributed by atoms with Gasteiger partial charge in [-0.1, -0.05) is 0 Å². The third kappa shape index (κ3) is 2.84. The van der Waals surface area contributed by atoms with Crippen LogP contribution in [0.15, 0.2) is 12.1 Å². The standard InChI is InChI=1S/C17H21N5O4/c1-24-13-3-11-12(4-14(13)25-2)20-17(21-15(11)18)22-5-9-7-26-8-10(6-22)19-16(9)23/h3-4,9-10H,5-8H2,1-2H3,(H,19,23)(H2,18,20,21)/t9-,10+/m1/s1. The van der Waals surface area contributed by atoms with Gasteiger partial charge in [0, 0.05) is 24.5 Å². The van der Waals surface area contributed by atoms with Crippen LogP contribution in [0, 0.1) is 5.92 Å². The summed E-state index contributed by atoms with van der Waals surface area (Å²) in [4.78, 5) is 23.3. The van der Waals surface area contributed by atoms with Crippen molar-refractivity contribution in [1.82, 2.24) is 15.3 Å². The van der Waals surface area contributed by atoms with Gasteiger partial charge in [0.15, 0.2) is 11.5 Å². The lowest BCUT2D eigenvalue weighted by atomic mass is 10.1. The summed E-state index contributed by atoms with van der Waals surface area (Å²) in [5.41, 5.74) is 6.84. The van der Waals surface area contributed by atoms with Crippen molar-refractivity contribution in [3.63, 3.8) is 0 Å². The molecule has 0 radical (unpaired) electrons. The molecule has 0 saturated carbocycles. The highest BCUT2D eigenvalue weighted by molar-refractivity contribution is 5.92. The highest BCUT2D eigenvalue weighted by Gasteiger charge is 2.34. The van der Waals surface area contributed by atoms with Crippen molar-refractivity contribution in [2.45, 2.75) is 6.04 Å². The number of nitrogen functional groups attached to an aromatic ring is 1. The maximum Gasteiger partial charge on any atom is 0.227 e. The first-order chi connectivity index (χ1) is 12.6. The molecule has 2 atom stereocenters. The first-order valence-corrected chi connectivity index (χ1v) is 8.41. The van der Waals surface area contributed by atoms with Gasteiger partial charge >= 0.3 is 0 Å². The zero-order valence-electron chi connectivity index (χ0n) is 14.7. The molecule has 2 aromatic rings. The van der Waals surface area contributed by atoms with Crippen LogP contribution in [0.25, 0.3) is 10.9 Å². The lowest BCUT2D eigenvalue weighted by molar-refractivity contribution is -0.124. The van der Waals surface area contributed by atoms with Crippen molar-refractivity contribution in [1.29, 1.82) is 0 Å². The first-order valence-electron chi connectivity index (χ1n) is 8.41. The van der Waals surface area contributed by atoms with Gasteiger partial charge in [-0.2, -0.15) is 4.98 Å². The van der Waals surface area contributed by atoms with Crippen LogP contribution >= 0.6 is 0 Å². The Hall–Kier alpha value is -2.81. The number of hydrogen-bond donors (Lipinski definition) is 2. The topological polar surface area (TPSA) is 112 Å². The van der Waals surface area contributed by atoms with E-state index in [1.807, 2.05) is 4.90 Å². The molecule has 0 unspecified atom stereocenters. The number of nitrogens with zero attached hydrogens (tertiary/aromatic N) is 3. The van der Waals surface area contributed by atoms with Crippen LogP contribution in [0.4, 0.5) is 11.8 Å². The third-order valence-electron chi connectivity index (χ3n) is 4.74. The second-order valence-electron chi connectivity index (χ2n) is 6.48. The molecule has 26 heavy (non-hydrogen) atoms. The maximum atomic E-state index is 12.2. The summed E-state index contributed by atoms with van der Waals surface area (Å²) in [5, 5.41) is 3.69. The maximum absolute atomic E-state index is 12.2. The van der Waals surface area contributed by atoms with Gasteiger partial charge < -0.3 is 30.2 Å². The summed E-state index contributed by atoms with van der Waals surface area (Å²) >= 11 is 0. The number of anilines is 2. The smallest absolute Gasteiger partial charge is 0.227 e. The number of amides is 1. The van der Waals surface area contributed by atoms with E-state index in [0.717, 1.165) is 0 Å². The number of ether oxygens (including phenoxy) is 3. The van der Waals surface area contributed by atoms with E-state index in [9.17, 15) is 4.79 Å². The molecule has 9 nitrogen and oxygen atoms in total. The van der Waals surface area contributed by atoms with Gasteiger partial charge in [0.1, 0.15) is 5.82 Å². The van der Waals surface area contributed by atoms with Gasteiger partial charge in [-0.15, -0.1) is 0 Å². The molecule has 1 aromatic carbocycles. The fraction of sp³-hybridized carbons (Fsp3) is 0.471. The highest BCUT2D eigenvalue weighted by atomic mass is 16.5. The molecule has 4 rings (SSSR count). The molecular weight excluding hydrogens is 338 g/mol. The van der Waals surface area contributed by atoms with E-state index in [1.54, 1.807) is 26.4 Å². The largest absolute Gasteiger partial charge is 0.493 e. The Labute approximate surface area is 150 Å². The molecule has 138 valence electrons. The Kier molecular flexibility index (Phi) is 4.15. The van der Waals surface area contributed by atoms with Crippen LogP contribution in [0.2, 0.25) is 0 Å². The van der Waals surface area contributed by atoms with Crippen LogP contribution in [0.3, 0.4) is 0 Å². The van der Waals surface area contributed by atoms with Crippen molar-refractivity contribution in [3.05, 3.63) is 12.1 Å². The Bertz CT molecular complexity index is 859. The summed E-state index contributed by atoms with van der Waals surface area (Å²) in [7, 11) is 3.14. The fourth-order valence-corrected chi connectivity index (χ4v) is 3.40. The van der Waals surface area contributed by atoms with E-state index in [4.69, 9.17) is 19.9 Å². The molecule has 2 fully saturated rings. The number of nitrogens with two attached hydrogens (primary N) is 1. The molecule has 0 aliphatic carbocycles.